The van der Waals surface area contributed by atoms with E-state index in [0.29, 0.717) is 0 Å². The first-order valence-corrected chi connectivity index (χ1v) is 5.04. The Morgan fingerprint density at radius 1 is 1.33 bits per heavy atom. The van der Waals surface area contributed by atoms with Crippen LogP contribution >= 0.6 is 11.8 Å². The fourth-order valence-electron chi connectivity index (χ4n) is 1.17. The van der Waals surface area contributed by atoms with Gasteiger partial charge in [0.1, 0.15) is 0 Å². The quantitative estimate of drug-likeness (QED) is 0.503. The van der Waals surface area contributed by atoms with Gasteiger partial charge in [0, 0.05) is 10.6 Å². The number of thioether (sulfide) groups is 1. The number of rotatable bonds is 3. The molecule has 0 saturated carbocycles. The van der Waals surface area contributed by atoms with Crippen LogP contribution in [0.1, 0.15) is 11.1 Å². The van der Waals surface area contributed by atoms with E-state index in [4.69, 9.17) is 0 Å². The Morgan fingerprint density at radius 2 is 1.92 bits per heavy atom. The van der Waals surface area contributed by atoms with Crippen molar-refractivity contribution in [3.63, 3.8) is 0 Å². The molecule has 64 valence electrons. The van der Waals surface area contributed by atoms with Crippen LogP contribution < -0.4 is 0 Å². The molecule has 0 fully saturated rings. The normalized spacial score (nSPS) is 9.83. The third kappa shape index (κ3) is 2.15. The lowest BCUT2D eigenvalue weighted by atomic mass is 10.2. The van der Waals surface area contributed by atoms with Gasteiger partial charge in [0.15, 0.2) is 0 Å². The molecule has 0 nitrogen and oxygen atoms in total. The van der Waals surface area contributed by atoms with Crippen LogP contribution in [0.15, 0.2) is 35.7 Å². The summed E-state index contributed by atoms with van der Waals surface area (Å²) in [4.78, 5) is 1.40. The predicted octanol–water partition coefficient (Wildman–Crippen LogP) is 3.58. The molecule has 0 N–H and O–H groups in total. The summed E-state index contributed by atoms with van der Waals surface area (Å²) < 4.78 is 0. The van der Waals surface area contributed by atoms with Gasteiger partial charge < -0.3 is 0 Å². The Balaban J connectivity index is 2.88. The lowest BCUT2D eigenvalue weighted by Gasteiger charge is -2.06. The standard InChI is InChI=1S/C11H14S/c1-4-8-12-11-9(2)6-5-7-10(11)3/h4-7H,1,8H2,2-3H3. The molecule has 1 rings (SSSR count). The second-order valence-electron chi connectivity index (χ2n) is 2.82. The van der Waals surface area contributed by atoms with Crippen LogP contribution in [0.4, 0.5) is 0 Å². The Hall–Kier alpha value is -0.690. The van der Waals surface area contributed by atoms with Gasteiger partial charge in [-0.25, -0.2) is 0 Å². The van der Waals surface area contributed by atoms with Crippen LogP contribution in [0.2, 0.25) is 0 Å². The maximum atomic E-state index is 3.71. The Kier molecular flexibility index (Phi) is 3.42. The van der Waals surface area contributed by atoms with E-state index < -0.39 is 0 Å². The summed E-state index contributed by atoms with van der Waals surface area (Å²) >= 11 is 1.86. The van der Waals surface area contributed by atoms with Crippen LogP contribution in [-0.2, 0) is 0 Å². The molecule has 1 aromatic carbocycles. The van der Waals surface area contributed by atoms with Crippen molar-refractivity contribution in [1.29, 1.82) is 0 Å². The highest BCUT2D eigenvalue weighted by Crippen LogP contribution is 2.25. The third-order valence-corrected chi connectivity index (χ3v) is 3.09. The molecule has 0 aliphatic heterocycles. The minimum Gasteiger partial charge on any atom is -0.121 e. The monoisotopic (exact) mass is 178 g/mol. The lowest BCUT2D eigenvalue weighted by molar-refractivity contribution is 1.22. The van der Waals surface area contributed by atoms with Gasteiger partial charge >= 0.3 is 0 Å². The number of benzene rings is 1. The molecule has 0 aliphatic carbocycles. The van der Waals surface area contributed by atoms with Crippen molar-refractivity contribution < 1.29 is 0 Å². The Bertz CT molecular complexity index is 256. The van der Waals surface area contributed by atoms with E-state index in [1.807, 2.05) is 17.8 Å². The molecule has 12 heavy (non-hydrogen) atoms. The molecular weight excluding hydrogens is 164 g/mol. The van der Waals surface area contributed by atoms with Crippen molar-refractivity contribution in [3.05, 3.63) is 42.0 Å². The van der Waals surface area contributed by atoms with Crippen LogP contribution in [0, 0.1) is 13.8 Å². The van der Waals surface area contributed by atoms with Crippen molar-refractivity contribution in [2.75, 3.05) is 5.75 Å². The van der Waals surface area contributed by atoms with Crippen LogP contribution in [0.3, 0.4) is 0 Å². The maximum Gasteiger partial charge on any atom is 0.0158 e. The molecule has 0 bridgehead atoms. The number of aryl methyl sites for hydroxylation is 2. The summed E-state index contributed by atoms with van der Waals surface area (Å²) in [5, 5.41) is 0. The second-order valence-corrected chi connectivity index (χ2v) is 3.85. The lowest BCUT2D eigenvalue weighted by Crippen LogP contribution is -1.84. The molecule has 0 atom stereocenters. The summed E-state index contributed by atoms with van der Waals surface area (Å²) in [5.41, 5.74) is 2.73. The van der Waals surface area contributed by atoms with Crippen LogP contribution in [-0.4, -0.2) is 5.75 Å². The highest BCUT2D eigenvalue weighted by atomic mass is 32.2. The van der Waals surface area contributed by atoms with Crippen LogP contribution in [0.5, 0.6) is 0 Å². The maximum absolute atomic E-state index is 3.71. The van der Waals surface area contributed by atoms with E-state index in [0.717, 1.165) is 5.75 Å². The summed E-state index contributed by atoms with van der Waals surface area (Å²) in [5.74, 6) is 0.992. The average Bonchev–Trinajstić information content (AvgIpc) is 2.04. The van der Waals surface area contributed by atoms with Gasteiger partial charge in [0.25, 0.3) is 0 Å². The first-order valence-electron chi connectivity index (χ1n) is 4.05. The molecule has 0 saturated heterocycles. The molecule has 0 radical (unpaired) electrons. The molecular formula is C11H14S. The minimum absolute atomic E-state index is 0.992. The molecule has 1 heteroatoms. The van der Waals surface area contributed by atoms with Crippen molar-refractivity contribution in [1.82, 2.24) is 0 Å². The smallest absolute Gasteiger partial charge is 0.0158 e. The molecule has 0 unspecified atom stereocenters. The zero-order chi connectivity index (χ0) is 8.97. The highest BCUT2D eigenvalue weighted by molar-refractivity contribution is 7.99. The predicted molar refractivity (Wildman–Crippen MR) is 56.8 cm³/mol. The van der Waals surface area contributed by atoms with Crippen molar-refractivity contribution >= 4 is 11.8 Å². The van der Waals surface area contributed by atoms with Gasteiger partial charge in [-0.2, -0.15) is 0 Å². The van der Waals surface area contributed by atoms with E-state index >= 15 is 0 Å². The second kappa shape index (κ2) is 4.36. The van der Waals surface area contributed by atoms with E-state index in [1.165, 1.54) is 16.0 Å². The van der Waals surface area contributed by atoms with Crippen molar-refractivity contribution in [2.45, 2.75) is 18.7 Å². The van der Waals surface area contributed by atoms with Gasteiger partial charge in [-0.05, 0) is 25.0 Å². The fraction of sp³-hybridized carbons (Fsp3) is 0.273. The fourth-order valence-corrected chi connectivity index (χ4v) is 2.05. The molecule has 0 spiro atoms. The van der Waals surface area contributed by atoms with Crippen molar-refractivity contribution in [3.8, 4) is 0 Å². The summed E-state index contributed by atoms with van der Waals surface area (Å²) in [6.07, 6.45) is 1.94. The summed E-state index contributed by atoms with van der Waals surface area (Å²) in [6, 6.07) is 6.40. The molecule has 0 aliphatic rings. The number of hydrogen-bond acceptors (Lipinski definition) is 1. The molecule has 1 aromatic rings. The van der Waals surface area contributed by atoms with E-state index in [9.17, 15) is 0 Å². The first kappa shape index (κ1) is 9.40. The van der Waals surface area contributed by atoms with E-state index in [-0.39, 0.29) is 0 Å². The van der Waals surface area contributed by atoms with Gasteiger partial charge in [0.2, 0.25) is 0 Å². The summed E-state index contributed by atoms with van der Waals surface area (Å²) in [7, 11) is 0. The zero-order valence-corrected chi connectivity index (χ0v) is 8.45. The minimum atomic E-state index is 0.992. The Labute approximate surface area is 78.7 Å². The molecule has 0 amide bonds. The average molecular weight is 178 g/mol. The largest absolute Gasteiger partial charge is 0.121 e. The van der Waals surface area contributed by atoms with Crippen molar-refractivity contribution in [2.24, 2.45) is 0 Å². The van der Waals surface area contributed by atoms with Gasteiger partial charge in [-0.1, -0.05) is 24.3 Å². The Morgan fingerprint density at radius 3 is 2.42 bits per heavy atom. The first-order chi connectivity index (χ1) is 5.75. The van der Waals surface area contributed by atoms with Crippen LogP contribution in [0.25, 0.3) is 0 Å². The van der Waals surface area contributed by atoms with Gasteiger partial charge in [0.05, 0.1) is 0 Å². The number of hydrogen-bond donors (Lipinski definition) is 0. The summed E-state index contributed by atoms with van der Waals surface area (Å²) in [6.45, 7) is 8.02. The van der Waals surface area contributed by atoms with Gasteiger partial charge in [-0.15, -0.1) is 18.3 Å². The third-order valence-electron chi connectivity index (χ3n) is 1.75. The zero-order valence-electron chi connectivity index (χ0n) is 7.63. The topological polar surface area (TPSA) is 0 Å². The SMILES string of the molecule is C=CCSc1c(C)cccc1C. The molecule has 0 heterocycles. The van der Waals surface area contributed by atoms with E-state index in [2.05, 4.69) is 38.6 Å². The highest BCUT2D eigenvalue weighted by Gasteiger charge is 1.99. The molecule has 0 aromatic heterocycles. The van der Waals surface area contributed by atoms with Gasteiger partial charge in [-0.3, -0.25) is 0 Å². The van der Waals surface area contributed by atoms with E-state index in [1.54, 1.807) is 0 Å².